The van der Waals surface area contributed by atoms with Crippen LogP contribution in [-0.2, 0) is 11.2 Å². The number of benzene rings is 2. The summed E-state index contributed by atoms with van der Waals surface area (Å²) in [6.45, 7) is 6.84. The molecule has 3 aliphatic rings. The SMILES string of the molecule is Cc1cccc([C@H]2CN([C@H](CC3CC3)C(=O)O)C[C@@H]2CN2CCC(c3nnc(Cc4ccccc4)o3)CC2)c1. The lowest BCUT2D eigenvalue weighted by molar-refractivity contribution is -0.143. The van der Waals surface area contributed by atoms with Crippen molar-refractivity contribution >= 4 is 5.97 Å². The van der Waals surface area contributed by atoms with Crippen LogP contribution in [0, 0.1) is 18.8 Å². The molecular formula is C32H40N4O3. The molecule has 3 fully saturated rings. The number of rotatable bonds is 10. The Morgan fingerprint density at radius 3 is 2.54 bits per heavy atom. The van der Waals surface area contributed by atoms with Gasteiger partial charge in [0.25, 0.3) is 0 Å². The van der Waals surface area contributed by atoms with Crippen molar-refractivity contribution < 1.29 is 14.3 Å². The van der Waals surface area contributed by atoms with E-state index in [2.05, 4.69) is 63.3 Å². The number of carbonyl (C=O) groups is 1. The van der Waals surface area contributed by atoms with E-state index in [1.54, 1.807) is 0 Å². The topological polar surface area (TPSA) is 82.7 Å². The molecule has 2 aromatic carbocycles. The highest BCUT2D eigenvalue weighted by Gasteiger charge is 2.42. The van der Waals surface area contributed by atoms with E-state index in [-0.39, 0.29) is 6.04 Å². The molecule has 1 aliphatic carbocycles. The Kier molecular flexibility index (Phi) is 7.80. The first-order valence-electron chi connectivity index (χ1n) is 14.6. The number of piperidine rings is 1. The van der Waals surface area contributed by atoms with Crippen LogP contribution in [-0.4, -0.2) is 69.8 Å². The molecule has 39 heavy (non-hydrogen) atoms. The van der Waals surface area contributed by atoms with Gasteiger partial charge in [-0.15, -0.1) is 10.2 Å². The van der Waals surface area contributed by atoms with Crippen LogP contribution in [0.25, 0.3) is 0 Å². The fourth-order valence-corrected chi connectivity index (χ4v) is 6.67. The van der Waals surface area contributed by atoms with Crippen LogP contribution in [0.3, 0.4) is 0 Å². The average Bonchev–Trinajstić information content (AvgIpc) is 3.49. The molecule has 0 spiro atoms. The van der Waals surface area contributed by atoms with Crippen LogP contribution >= 0.6 is 0 Å². The van der Waals surface area contributed by atoms with E-state index in [9.17, 15) is 9.90 Å². The molecule has 206 valence electrons. The van der Waals surface area contributed by atoms with Crippen molar-refractivity contribution in [1.29, 1.82) is 0 Å². The van der Waals surface area contributed by atoms with Crippen molar-refractivity contribution in [2.75, 3.05) is 32.7 Å². The van der Waals surface area contributed by atoms with Crippen molar-refractivity contribution in [1.82, 2.24) is 20.0 Å². The second-order valence-corrected chi connectivity index (χ2v) is 12.0. The van der Waals surface area contributed by atoms with Crippen molar-refractivity contribution in [3.05, 3.63) is 83.1 Å². The molecule has 3 heterocycles. The molecular weight excluding hydrogens is 488 g/mol. The third kappa shape index (κ3) is 6.42. The lowest BCUT2D eigenvalue weighted by Crippen LogP contribution is -2.41. The maximum Gasteiger partial charge on any atom is 0.320 e. The van der Waals surface area contributed by atoms with Crippen molar-refractivity contribution in [3.63, 3.8) is 0 Å². The number of aryl methyl sites for hydroxylation is 1. The first-order chi connectivity index (χ1) is 19.0. The van der Waals surface area contributed by atoms with E-state index in [1.165, 1.54) is 29.5 Å². The predicted octanol–water partition coefficient (Wildman–Crippen LogP) is 5.12. The Labute approximate surface area is 231 Å². The van der Waals surface area contributed by atoms with E-state index in [0.717, 1.165) is 57.9 Å². The Bertz CT molecular complexity index is 1250. The number of nitrogens with zero attached hydrogens (tertiary/aromatic N) is 4. The zero-order valence-corrected chi connectivity index (χ0v) is 22.9. The molecule has 0 amide bonds. The quantitative estimate of drug-likeness (QED) is 0.391. The minimum absolute atomic E-state index is 0.306. The molecule has 3 atom stereocenters. The van der Waals surface area contributed by atoms with Gasteiger partial charge in [0.15, 0.2) is 0 Å². The van der Waals surface area contributed by atoms with Gasteiger partial charge in [-0.2, -0.15) is 0 Å². The molecule has 0 radical (unpaired) electrons. The largest absolute Gasteiger partial charge is 0.480 e. The van der Waals surface area contributed by atoms with Gasteiger partial charge in [-0.1, -0.05) is 73.0 Å². The lowest BCUT2D eigenvalue weighted by atomic mass is 9.87. The van der Waals surface area contributed by atoms with Gasteiger partial charge in [-0.05, 0) is 62.2 Å². The molecule has 2 aliphatic heterocycles. The van der Waals surface area contributed by atoms with Crippen LogP contribution in [0.4, 0.5) is 0 Å². The number of aromatic nitrogens is 2. The summed E-state index contributed by atoms with van der Waals surface area (Å²) < 4.78 is 6.08. The first-order valence-corrected chi connectivity index (χ1v) is 14.6. The number of hydrogen-bond donors (Lipinski definition) is 1. The van der Waals surface area contributed by atoms with E-state index < -0.39 is 5.97 Å². The van der Waals surface area contributed by atoms with Crippen LogP contribution in [0.1, 0.15) is 72.4 Å². The molecule has 1 aromatic heterocycles. The Balaban J connectivity index is 1.09. The van der Waals surface area contributed by atoms with E-state index in [1.807, 2.05) is 18.2 Å². The second kappa shape index (κ2) is 11.6. The third-order valence-corrected chi connectivity index (χ3v) is 9.03. The highest BCUT2D eigenvalue weighted by Crippen LogP contribution is 2.40. The van der Waals surface area contributed by atoms with E-state index in [4.69, 9.17) is 4.42 Å². The molecule has 6 rings (SSSR count). The predicted molar refractivity (Wildman–Crippen MR) is 150 cm³/mol. The summed E-state index contributed by atoms with van der Waals surface area (Å²) in [6, 6.07) is 18.7. The zero-order chi connectivity index (χ0) is 26.8. The molecule has 0 unspecified atom stereocenters. The zero-order valence-electron chi connectivity index (χ0n) is 22.9. The Morgan fingerprint density at radius 2 is 1.82 bits per heavy atom. The van der Waals surface area contributed by atoms with E-state index >= 15 is 0 Å². The fraction of sp³-hybridized carbons (Fsp3) is 0.531. The lowest BCUT2D eigenvalue weighted by Gasteiger charge is -2.33. The number of hydrogen-bond acceptors (Lipinski definition) is 6. The smallest absolute Gasteiger partial charge is 0.320 e. The summed E-state index contributed by atoms with van der Waals surface area (Å²) in [5.74, 6) is 2.49. The molecule has 7 heteroatoms. The molecule has 1 saturated carbocycles. The van der Waals surface area contributed by atoms with Gasteiger partial charge < -0.3 is 14.4 Å². The van der Waals surface area contributed by atoms with Crippen LogP contribution in [0.2, 0.25) is 0 Å². The standard InChI is InChI=1S/C32H40N4O3/c1-22-6-5-9-26(16-22)28-21-36(29(32(37)38)17-24-10-11-24)20-27(28)19-35-14-12-25(13-15-35)31-34-33-30(39-31)18-23-7-3-2-4-8-23/h2-9,16,24-25,27-29H,10-15,17-21H2,1H3,(H,37,38)/t27-,28+,29+/m0/s1. The summed E-state index contributed by atoms with van der Waals surface area (Å²) >= 11 is 0. The van der Waals surface area contributed by atoms with Gasteiger partial charge in [-0.25, -0.2) is 0 Å². The second-order valence-electron chi connectivity index (χ2n) is 12.0. The number of carboxylic acids is 1. The average molecular weight is 529 g/mol. The summed E-state index contributed by atoms with van der Waals surface area (Å²) in [5.41, 5.74) is 3.80. The number of aliphatic carboxylic acids is 1. The Morgan fingerprint density at radius 1 is 1.03 bits per heavy atom. The van der Waals surface area contributed by atoms with Gasteiger partial charge in [0.2, 0.25) is 11.8 Å². The number of likely N-dealkylation sites (tertiary alicyclic amines) is 2. The summed E-state index contributed by atoms with van der Waals surface area (Å²) in [7, 11) is 0. The maximum absolute atomic E-state index is 12.2. The van der Waals surface area contributed by atoms with Gasteiger partial charge >= 0.3 is 5.97 Å². The number of carboxylic acid groups (broad SMARTS) is 1. The summed E-state index contributed by atoms with van der Waals surface area (Å²) in [6.07, 6.45) is 5.86. The molecule has 7 nitrogen and oxygen atoms in total. The molecule has 1 N–H and O–H groups in total. The highest BCUT2D eigenvalue weighted by molar-refractivity contribution is 5.73. The Hall–Kier alpha value is -3.03. The van der Waals surface area contributed by atoms with Crippen molar-refractivity contribution in [2.45, 2.75) is 63.3 Å². The maximum atomic E-state index is 12.2. The monoisotopic (exact) mass is 528 g/mol. The normalized spacial score (nSPS) is 23.7. The van der Waals surface area contributed by atoms with Gasteiger partial charge in [0, 0.05) is 31.5 Å². The minimum Gasteiger partial charge on any atom is -0.480 e. The summed E-state index contributed by atoms with van der Waals surface area (Å²) in [5, 5.41) is 18.8. The first kappa shape index (κ1) is 26.2. The minimum atomic E-state index is -0.655. The van der Waals surface area contributed by atoms with Gasteiger partial charge in [0.1, 0.15) is 6.04 Å². The summed E-state index contributed by atoms with van der Waals surface area (Å²) in [4.78, 5) is 17.1. The van der Waals surface area contributed by atoms with Gasteiger partial charge in [0.05, 0.1) is 6.42 Å². The molecule has 0 bridgehead atoms. The van der Waals surface area contributed by atoms with Crippen molar-refractivity contribution in [3.8, 4) is 0 Å². The molecule has 3 aromatic rings. The highest BCUT2D eigenvalue weighted by atomic mass is 16.4. The molecule has 2 saturated heterocycles. The van der Waals surface area contributed by atoms with E-state index in [0.29, 0.717) is 36.0 Å². The van der Waals surface area contributed by atoms with Crippen LogP contribution in [0.5, 0.6) is 0 Å². The van der Waals surface area contributed by atoms with Gasteiger partial charge in [-0.3, -0.25) is 9.69 Å². The van der Waals surface area contributed by atoms with Crippen LogP contribution < -0.4 is 0 Å². The fourth-order valence-electron chi connectivity index (χ4n) is 6.67. The van der Waals surface area contributed by atoms with Crippen molar-refractivity contribution in [2.24, 2.45) is 11.8 Å². The third-order valence-electron chi connectivity index (χ3n) is 9.03. The van der Waals surface area contributed by atoms with Crippen LogP contribution in [0.15, 0.2) is 59.0 Å².